The van der Waals surface area contributed by atoms with Crippen LogP contribution in [0.15, 0.2) is 42.9 Å². The summed E-state index contributed by atoms with van der Waals surface area (Å²) in [5, 5.41) is 9.94. The first-order chi connectivity index (χ1) is 20.9. The Morgan fingerprint density at radius 1 is 1.18 bits per heavy atom. The Balaban J connectivity index is 1.31. The van der Waals surface area contributed by atoms with Crippen molar-refractivity contribution in [3.8, 4) is 17.0 Å². The molecule has 0 radical (unpaired) electrons. The average molecular weight is 662 g/mol. The molecule has 5 heterocycles. The fraction of sp³-hybridized carbons (Fsp3) is 0.452. The van der Waals surface area contributed by atoms with E-state index >= 15 is 4.39 Å². The van der Waals surface area contributed by atoms with Crippen LogP contribution in [0.2, 0.25) is 10.0 Å². The van der Waals surface area contributed by atoms with Gasteiger partial charge in [0.05, 0.1) is 28.2 Å². The molecule has 13 heteroatoms. The number of rotatable bonds is 9. The van der Waals surface area contributed by atoms with Crippen molar-refractivity contribution in [2.45, 2.75) is 51.0 Å². The number of fused-ring (bicyclic) bond motifs is 1. The van der Waals surface area contributed by atoms with Gasteiger partial charge < -0.3 is 24.3 Å². The van der Waals surface area contributed by atoms with Gasteiger partial charge in [-0.05, 0) is 70.7 Å². The second-order valence-corrected chi connectivity index (χ2v) is 16.7. The van der Waals surface area contributed by atoms with Gasteiger partial charge in [0.15, 0.2) is 17.9 Å². The van der Waals surface area contributed by atoms with Crippen molar-refractivity contribution in [2.24, 2.45) is 0 Å². The highest BCUT2D eigenvalue weighted by Gasteiger charge is 2.40. The number of benzene rings is 1. The van der Waals surface area contributed by atoms with Crippen molar-refractivity contribution in [1.29, 1.82) is 0 Å². The second kappa shape index (κ2) is 12.2. The van der Waals surface area contributed by atoms with E-state index < -0.39 is 19.1 Å². The number of ether oxygens (including phenoxy) is 2. The van der Waals surface area contributed by atoms with Gasteiger partial charge in [-0.1, -0.05) is 23.2 Å². The number of anilines is 1. The molecule has 234 valence electrons. The van der Waals surface area contributed by atoms with E-state index in [4.69, 9.17) is 37.8 Å². The molecule has 0 bridgehead atoms. The normalized spacial score (nSPS) is 19.2. The summed E-state index contributed by atoms with van der Waals surface area (Å²) in [6.07, 6.45) is 7.39. The zero-order valence-electron chi connectivity index (χ0n) is 25.2. The van der Waals surface area contributed by atoms with Crippen LogP contribution in [0.25, 0.3) is 22.2 Å². The van der Waals surface area contributed by atoms with Gasteiger partial charge in [0.2, 0.25) is 0 Å². The highest BCUT2D eigenvalue weighted by molar-refractivity contribution is 7.62. The molecule has 0 aliphatic carbocycles. The minimum Gasteiger partial charge on any atom is -0.486 e. The van der Waals surface area contributed by atoms with Crippen molar-refractivity contribution >= 4 is 47.1 Å². The molecule has 0 amide bonds. The summed E-state index contributed by atoms with van der Waals surface area (Å²) in [5.74, 6) is 0.439. The largest absolute Gasteiger partial charge is 0.486 e. The number of hydrogen-bond acceptors (Lipinski definition) is 8. The SMILES string of the molecule is C[C@@H](Oc1ccc2c(c1)c(-c1cnc(N3CC(C)(NCP(C)(C)=O)C3)c(F)c1)nn2C1CCCCO1)c1c(Cl)cncc1Cl. The van der Waals surface area contributed by atoms with Crippen LogP contribution < -0.4 is 15.0 Å². The minimum atomic E-state index is -2.20. The van der Waals surface area contributed by atoms with Gasteiger partial charge in [0, 0.05) is 61.1 Å². The van der Waals surface area contributed by atoms with E-state index in [1.165, 1.54) is 18.5 Å². The van der Waals surface area contributed by atoms with Crippen molar-refractivity contribution < 1.29 is 18.4 Å². The molecule has 3 aromatic heterocycles. The van der Waals surface area contributed by atoms with Gasteiger partial charge in [-0.2, -0.15) is 5.10 Å². The zero-order valence-corrected chi connectivity index (χ0v) is 27.6. The molecule has 2 aliphatic rings. The summed E-state index contributed by atoms with van der Waals surface area (Å²) in [7, 11) is -2.20. The van der Waals surface area contributed by atoms with E-state index in [2.05, 4.69) is 22.2 Å². The minimum absolute atomic E-state index is 0.218. The zero-order chi connectivity index (χ0) is 31.2. The predicted molar refractivity (Wildman–Crippen MR) is 173 cm³/mol. The van der Waals surface area contributed by atoms with Gasteiger partial charge in [0.25, 0.3) is 0 Å². The van der Waals surface area contributed by atoms with Crippen LogP contribution >= 0.6 is 30.3 Å². The van der Waals surface area contributed by atoms with Gasteiger partial charge >= 0.3 is 0 Å². The van der Waals surface area contributed by atoms with E-state index in [9.17, 15) is 4.57 Å². The van der Waals surface area contributed by atoms with Crippen LogP contribution in [-0.4, -0.2) is 64.6 Å². The topological polar surface area (TPSA) is 94.4 Å². The summed E-state index contributed by atoms with van der Waals surface area (Å²) >= 11 is 12.8. The first-order valence-electron chi connectivity index (χ1n) is 14.7. The summed E-state index contributed by atoms with van der Waals surface area (Å²) in [6.45, 7) is 9.23. The first-order valence-corrected chi connectivity index (χ1v) is 18.2. The van der Waals surface area contributed by atoms with Crippen LogP contribution in [0.3, 0.4) is 0 Å². The van der Waals surface area contributed by atoms with E-state index in [1.807, 2.05) is 34.7 Å². The molecule has 6 rings (SSSR count). The molecule has 0 spiro atoms. The summed E-state index contributed by atoms with van der Waals surface area (Å²) < 4.78 is 42.0. The molecule has 1 aromatic carbocycles. The second-order valence-electron chi connectivity index (χ2n) is 12.4. The Morgan fingerprint density at radius 3 is 2.59 bits per heavy atom. The lowest BCUT2D eigenvalue weighted by molar-refractivity contribution is -0.0365. The lowest BCUT2D eigenvalue weighted by Crippen LogP contribution is -2.68. The Kier molecular flexibility index (Phi) is 8.67. The fourth-order valence-corrected chi connectivity index (χ4v) is 7.28. The number of halogens is 3. The summed E-state index contributed by atoms with van der Waals surface area (Å²) in [4.78, 5) is 10.4. The summed E-state index contributed by atoms with van der Waals surface area (Å²) in [5.41, 5.74) is 2.39. The van der Waals surface area contributed by atoms with Crippen LogP contribution in [0.4, 0.5) is 10.2 Å². The fourth-order valence-electron chi connectivity index (χ4n) is 5.85. The standard InChI is InChI=1S/C31H36Cl2FN6O3P/c1-19(28-23(32)14-35-15-24(28)33)43-21-8-9-26-22(12-21)29(38-40(26)27-7-5-6-10-42-27)20-11-25(34)30(36-13-20)39-16-31(2,17-39)37-18-44(3,4)41/h8-9,11-15,19,27,37H,5-7,10,16-18H2,1-4H3/t19-,27?/m1/s1. The Hall–Kier alpha value is -2.75. The monoisotopic (exact) mass is 660 g/mol. The van der Waals surface area contributed by atoms with Crippen molar-refractivity contribution in [1.82, 2.24) is 25.1 Å². The molecular weight excluding hydrogens is 625 g/mol. The smallest absolute Gasteiger partial charge is 0.166 e. The van der Waals surface area contributed by atoms with Crippen LogP contribution in [0, 0.1) is 5.82 Å². The van der Waals surface area contributed by atoms with Crippen molar-refractivity contribution in [3.05, 3.63) is 64.3 Å². The Morgan fingerprint density at radius 2 is 1.93 bits per heavy atom. The molecule has 1 N–H and O–H groups in total. The number of aromatic nitrogens is 4. The van der Waals surface area contributed by atoms with E-state index in [0.717, 1.165) is 30.2 Å². The number of pyridine rings is 2. The molecule has 2 fully saturated rings. The third-order valence-corrected chi connectivity index (χ3v) is 9.60. The number of hydrogen-bond donors (Lipinski definition) is 1. The first kappa shape index (κ1) is 31.2. The van der Waals surface area contributed by atoms with E-state index in [0.29, 0.717) is 58.6 Å². The molecule has 2 aliphatic heterocycles. The van der Waals surface area contributed by atoms with Gasteiger partial charge in [-0.15, -0.1) is 0 Å². The molecule has 0 saturated carbocycles. The maximum Gasteiger partial charge on any atom is 0.166 e. The number of nitrogens with zero attached hydrogens (tertiary/aromatic N) is 5. The molecule has 2 atom stereocenters. The highest BCUT2D eigenvalue weighted by atomic mass is 35.5. The average Bonchev–Trinajstić information content (AvgIpc) is 3.34. The molecule has 9 nitrogen and oxygen atoms in total. The maximum atomic E-state index is 15.6. The van der Waals surface area contributed by atoms with E-state index in [-0.39, 0.29) is 17.6 Å². The molecule has 4 aromatic rings. The lowest BCUT2D eigenvalue weighted by Gasteiger charge is -2.49. The quantitative estimate of drug-likeness (QED) is 0.184. The molecule has 1 unspecified atom stereocenters. The molecule has 44 heavy (non-hydrogen) atoms. The van der Waals surface area contributed by atoms with E-state index in [1.54, 1.807) is 19.5 Å². The maximum absolute atomic E-state index is 15.6. The predicted octanol–water partition coefficient (Wildman–Crippen LogP) is 7.53. The molecular formula is C31H36Cl2FN6O3P. The van der Waals surface area contributed by atoms with Gasteiger partial charge in [-0.25, -0.2) is 14.1 Å². The molecule has 2 saturated heterocycles. The highest BCUT2D eigenvalue weighted by Crippen LogP contribution is 2.39. The van der Waals surface area contributed by atoms with Gasteiger partial charge in [-0.3, -0.25) is 4.98 Å². The Bertz CT molecular complexity index is 1710. The van der Waals surface area contributed by atoms with Crippen LogP contribution in [-0.2, 0) is 9.30 Å². The lowest BCUT2D eigenvalue weighted by atomic mass is 9.92. The third kappa shape index (κ3) is 6.46. The van der Waals surface area contributed by atoms with Crippen LogP contribution in [0.5, 0.6) is 5.75 Å². The Labute approximate surface area is 266 Å². The number of nitrogens with one attached hydrogen (secondary N) is 1. The summed E-state index contributed by atoms with van der Waals surface area (Å²) in [6, 6.07) is 7.20. The van der Waals surface area contributed by atoms with Crippen molar-refractivity contribution in [2.75, 3.05) is 44.2 Å². The van der Waals surface area contributed by atoms with Crippen LogP contribution in [0.1, 0.15) is 51.0 Å². The third-order valence-electron chi connectivity index (χ3n) is 8.08. The van der Waals surface area contributed by atoms with Crippen molar-refractivity contribution in [3.63, 3.8) is 0 Å². The van der Waals surface area contributed by atoms with Gasteiger partial charge in [0.1, 0.15) is 17.5 Å².